The number of aliphatic hydroxyl groups excluding tert-OH is 1. The molecule has 3 aliphatic rings. The summed E-state index contributed by atoms with van der Waals surface area (Å²) >= 11 is 0. The van der Waals surface area contributed by atoms with E-state index in [-0.39, 0.29) is 61.1 Å². The van der Waals surface area contributed by atoms with E-state index in [0.29, 0.717) is 46.4 Å². The van der Waals surface area contributed by atoms with Gasteiger partial charge in [0.05, 0.1) is 23.4 Å². The number of nitrogens with zero attached hydrogens (tertiary/aromatic N) is 2. The standard InChI is InChI=1S/C28H27FN2O5/c1-3-28(36)19-9-22-26-18(11-31(22)27(35)17(19)6-7-23(28)34)24-14(8-15(33)12-32)4-5-16-13(2)20(29)10-21(30-26)25(16)24/h9-10,14,32,36H,3-8,11-12H2,1-2H3/t14-,28+/m1/s1. The van der Waals surface area contributed by atoms with E-state index < -0.39 is 12.2 Å². The van der Waals surface area contributed by atoms with Gasteiger partial charge in [-0.1, -0.05) is 6.92 Å². The summed E-state index contributed by atoms with van der Waals surface area (Å²) in [7, 11) is 0. The Morgan fingerprint density at radius 3 is 2.69 bits per heavy atom. The molecule has 7 nitrogen and oxygen atoms in total. The van der Waals surface area contributed by atoms with E-state index in [1.54, 1.807) is 24.5 Å². The zero-order valence-electron chi connectivity index (χ0n) is 20.3. The molecule has 36 heavy (non-hydrogen) atoms. The van der Waals surface area contributed by atoms with Crippen LogP contribution in [0.1, 0.15) is 71.9 Å². The Bertz CT molecular complexity index is 1570. The highest BCUT2D eigenvalue weighted by Gasteiger charge is 2.43. The van der Waals surface area contributed by atoms with Gasteiger partial charge in [0.15, 0.2) is 11.6 Å². The van der Waals surface area contributed by atoms with E-state index in [1.165, 1.54) is 6.07 Å². The first-order chi connectivity index (χ1) is 17.2. The number of pyridine rings is 2. The van der Waals surface area contributed by atoms with Crippen LogP contribution in [0.3, 0.4) is 0 Å². The first-order valence-corrected chi connectivity index (χ1v) is 12.5. The number of hydrogen-bond acceptors (Lipinski definition) is 6. The minimum absolute atomic E-state index is 0.111. The summed E-state index contributed by atoms with van der Waals surface area (Å²) < 4.78 is 16.5. The van der Waals surface area contributed by atoms with E-state index in [1.807, 2.05) is 0 Å². The molecule has 2 N–H and O–H groups in total. The monoisotopic (exact) mass is 490 g/mol. The molecule has 6 rings (SSSR count). The van der Waals surface area contributed by atoms with Crippen LogP contribution in [0.15, 0.2) is 16.9 Å². The maximum Gasteiger partial charge on any atom is 0.254 e. The summed E-state index contributed by atoms with van der Waals surface area (Å²) in [5.41, 5.74) is 3.43. The van der Waals surface area contributed by atoms with Gasteiger partial charge in [-0.25, -0.2) is 9.37 Å². The van der Waals surface area contributed by atoms with Gasteiger partial charge in [-0.3, -0.25) is 14.4 Å². The molecule has 0 amide bonds. The lowest BCUT2D eigenvalue weighted by atomic mass is 9.76. The number of benzene rings is 1. The van der Waals surface area contributed by atoms with Crippen LogP contribution >= 0.6 is 0 Å². The zero-order valence-corrected chi connectivity index (χ0v) is 20.3. The minimum Gasteiger partial charge on any atom is -0.389 e. The van der Waals surface area contributed by atoms with E-state index in [0.717, 1.165) is 22.1 Å². The van der Waals surface area contributed by atoms with Gasteiger partial charge in [0, 0.05) is 41.0 Å². The van der Waals surface area contributed by atoms with Crippen molar-refractivity contribution in [3.63, 3.8) is 0 Å². The maximum absolute atomic E-state index is 14.9. The molecule has 2 atom stereocenters. The van der Waals surface area contributed by atoms with Crippen LogP contribution < -0.4 is 5.56 Å². The van der Waals surface area contributed by atoms with Gasteiger partial charge in [0.2, 0.25) is 0 Å². The number of aromatic nitrogens is 2. The number of carbonyl (C=O) groups excluding carboxylic acids is 2. The molecule has 0 saturated carbocycles. The molecule has 186 valence electrons. The third-order valence-electron chi connectivity index (χ3n) is 8.53. The van der Waals surface area contributed by atoms with Crippen LogP contribution in [0, 0.1) is 12.7 Å². The summed E-state index contributed by atoms with van der Waals surface area (Å²) in [4.78, 5) is 43.4. The molecule has 0 saturated heterocycles. The van der Waals surface area contributed by atoms with Gasteiger partial charge < -0.3 is 14.8 Å². The molecule has 3 heterocycles. The van der Waals surface area contributed by atoms with Crippen molar-refractivity contribution in [3.8, 4) is 11.4 Å². The number of aryl methyl sites for hydroxylation is 1. The number of Topliss-reactive ketones (excluding diaryl/α,β-unsaturated/α-hetero) is 2. The fourth-order valence-electron chi connectivity index (χ4n) is 6.58. The van der Waals surface area contributed by atoms with Crippen molar-refractivity contribution < 1.29 is 24.2 Å². The summed E-state index contributed by atoms with van der Waals surface area (Å²) in [5.74, 6) is -1.11. The highest BCUT2D eigenvalue weighted by molar-refractivity contribution is 5.95. The molecule has 0 unspecified atom stereocenters. The SMILES string of the molecule is CC[C@@]1(O)C(=O)CCc2c1cc1n(c2=O)Cc2c-1nc1cc(F)c(C)c3c1c2[C@@H](CC(=O)CO)CC3. The maximum atomic E-state index is 14.9. The van der Waals surface area contributed by atoms with Crippen LogP contribution in [-0.4, -0.2) is 37.9 Å². The minimum atomic E-state index is -1.72. The molecular formula is C28H27FN2O5. The Labute approximate surface area is 206 Å². The van der Waals surface area contributed by atoms with Crippen molar-refractivity contribution in [3.05, 3.63) is 61.7 Å². The lowest BCUT2D eigenvalue weighted by Gasteiger charge is -2.32. The number of rotatable bonds is 4. The first kappa shape index (κ1) is 23.2. The van der Waals surface area contributed by atoms with Crippen molar-refractivity contribution in [2.24, 2.45) is 0 Å². The Morgan fingerprint density at radius 1 is 1.19 bits per heavy atom. The number of aliphatic hydroxyl groups is 2. The molecule has 1 aromatic carbocycles. The molecule has 0 radical (unpaired) electrons. The second kappa shape index (κ2) is 7.88. The summed E-state index contributed by atoms with van der Waals surface area (Å²) in [6, 6.07) is 3.11. The summed E-state index contributed by atoms with van der Waals surface area (Å²) in [5, 5.41) is 21.5. The lowest BCUT2D eigenvalue weighted by Crippen LogP contribution is -2.43. The topological polar surface area (TPSA) is 109 Å². The van der Waals surface area contributed by atoms with E-state index >= 15 is 0 Å². The second-order valence-corrected chi connectivity index (χ2v) is 10.3. The molecular weight excluding hydrogens is 463 g/mol. The predicted octanol–water partition coefficient (Wildman–Crippen LogP) is 2.97. The van der Waals surface area contributed by atoms with Crippen LogP contribution in [-0.2, 0) is 34.6 Å². The van der Waals surface area contributed by atoms with Crippen LogP contribution in [0.4, 0.5) is 4.39 Å². The van der Waals surface area contributed by atoms with Gasteiger partial charge in [-0.2, -0.15) is 0 Å². The molecule has 8 heteroatoms. The molecule has 0 fully saturated rings. The van der Waals surface area contributed by atoms with Crippen molar-refractivity contribution in [2.45, 2.75) is 70.4 Å². The normalized spacial score (nSPS) is 21.9. The summed E-state index contributed by atoms with van der Waals surface area (Å²) in [6.45, 7) is 3.18. The third kappa shape index (κ3) is 2.97. The Morgan fingerprint density at radius 2 is 1.97 bits per heavy atom. The van der Waals surface area contributed by atoms with Crippen molar-refractivity contribution in [2.75, 3.05) is 6.61 Å². The number of ketones is 2. The molecule has 0 spiro atoms. The number of fused-ring (bicyclic) bond motifs is 5. The van der Waals surface area contributed by atoms with Gasteiger partial charge in [0.1, 0.15) is 18.0 Å². The van der Waals surface area contributed by atoms with Crippen molar-refractivity contribution in [1.82, 2.24) is 9.55 Å². The third-order valence-corrected chi connectivity index (χ3v) is 8.53. The van der Waals surface area contributed by atoms with Gasteiger partial charge >= 0.3 is 0 Å². The lowest BCUT2D eigenvalue weighted by molar-refractivity contribution is -0.140. The van der Waals surface area contributed by atoms with E-state index in [2.05, 4.69) is 0 Å². The largest absolute Gasteiger partial charge is 0.389 e. The van der Waals surface area contributed by atoms with Gasteiger partial charge in [-0.15, -0.1) is 0 Å². The highest BCUT2D eigenvalue weighted by Crippen LogP contribution is 2.47. The Balaban J connectivity index is 1.66. The van der Waals surface area contributed by atoms with Gasteiger partial charge in [-0.05, 0) is 61.3 Å². The highest BCUT2D eigenvalue weighted by atomic mass is 19.1. The van der Waals surface area contributed by atoms with E-state index in [9.17, 15) is 29.0 Å². The smallest absolute Gasteiger partial charge is 0.254 e. The van der Waals surface area contributed by atoms with Crippen molar-refractivity contribution >= 4 is 22.5 Å². The fraction of sp³-hybridized carbons (Fsp3) is 0.429. The Hall–Kier alpha value is -3.23. The zero-order chi connectivity index (χ0) is 25.5. The van der Waals surface area contributed by atoms with E-state index in [4.69, 9.17) is 4.98 Å². The predicted molar refractivity (Wildman–Crippen MR) is 131 cm³/mol. The number of hydrogen-bond donors (Lipinski definition) is 2. The van der Waals surface area contributed by atoms with Gasteiger partial charge in [0.25, 0.3) is 5.56 Å². The first-order valence-electron chi connectivity index (χ1n) is 12.5. The molecule has 2 aliphatic carbocycles. The van der Waals surface area contributed by atoms with Crippen LogP contribution in [0.2, 0.25) is 0 Å². The molecule has 2 aromatic heterocycles. The molecule has 3 aromatic rings. The number of carbonyl (C=O) groups is 2. The average molecular weight is 491 g/mol. The van der Waals surface area contributed by atoms with Crippen LogP contribution in [0.5, 0.6) is 0 Å². The second-order valence-electron chi connectivity index (χ2n) is 10.3. The van der Waals surface area contributed by atoms with Crippen molar-refractivity contribution in [1.29, 1.82) is 0 Å². The average Bonchev–Trinajstić information content (AvgIpc) is 3.24. The number of halogens is 1. The summed E-state index contributed by atoms with van der Waals surface area (Å²) in [6.07, 6.45) is 1.92. The Kier molecular flexibility index (Phi) is 5.08. The quantitative estimate of drug-likeness (QED) is 0.455. The van der Waals surface area contributed by atoms with Crippen LogP contribution in [0.25, 0.3) is 22.3 Å². The molecule has 0 bridgehead atoms. The molecule has 1 aliphatic heterocycles. The fourth-order valence-corrected chi connectivity index (χ4v) is 6.58.